The minimum absolute atomic E-state index is 0.0415. The van der Waals surface area contributed by atoms with Gasteiger partial charge in [0.05, 0.1) is 30.5 Å². The summed E-state index contributed by atoms with van der Waals surface area (Å²) in [6.45, 7) is 7.73. The van der Waals surface area contributed by atoms with E-state index in [1.807, 2.05) is 4.90 Å². The number of likely N-dealkylation sites (N-methyl/N-ethyl adjacent to an activating group) is 1. The van der Waals surface area contributed by atoms with Crippen LogP contribution in [0.15, 0.2) is 24.8 Å². The third kappa shape index (κ3) is 5.06. The van der Waals surface area contributed by atoms with Gasteiger partial charge in [0.1, 0.15) is 17.5 Å². The van der Waals surface area contributed by atoms with Crippen molar-refractivity contribution in [2.45, 2.75) is 26.0 Å². The van der Waals surface area contributed by atoms with E-state index in [4.69, 9.17) is 5.73 Å². The molecule has 0 spiro atoms. The fourth-order valence-corrected chi connectivity index (χ4v) is 5.24. The quantitative estimate of drug-likeness (QED) is 0.446. The van der Waals surface area contributed by atoms with E-state index >= 15 is 4.39 Å². The van der Waals surface area contributed by atoms with Crippen LogP contribution in [0.5, 0.6) is 0 Å². The van der Waals surface area contributed by atoms with Crippen molar-refractivity contribution in [3.05, 3.63) is 42.0 Å². The number of aliphatic hydroxyl groups is 1. The Hall–Kier alpha value is -3.42. The first-order chi connectivity index (χ1) is 17.9. The van der Waals surface area contributed by atoms with Crippen molar-refractivity contribution < 1.29 is 18.7 Å². The van der Waals surface area contributed by atoms with Crippen LogP contribution in [0.3, 0.4) is 0 Å². The fourth-order valence-electron chi connectivity index (χ4n) is 5.24. The molecule has 3 aromatic heterocycles. The summed E-state index contributed by atoms with van der Waals surface area (Å²) >= 11 is 0. The summed E-state index contributed by atoms with van der Waals surface area (Å²) in [5.41, 5.74) is 6.35. The van der Waals surface area contributed by atoms with Crippen molar-refractivity contribution in [2.75, 3.05) is 61.8 Å². The molecule has 3 aromatic rings. The molecule has 2 fully saturated rings. The number of nitrogens with two attached hydrogens (primary N) is 1. The summed E-state index contributed by atoms with van der Waals surface area (Å²) in [6.07, 6.45) is 5.34. The maximum atomic E-state index is 15.0. The number of pyridine rings is 1. The van der Waals surface area contributed by atoms with Gasteiger partial charge in [-0.15, -0.1) is 5.10 Å². The van der Waals surface area contributed by atoms with Crippen molar-refractivity contribution >= 4 is 28.7 Å². The average molecular weight is 516 g/mol. The monoisotopic (exact) mass is 515 g/mol. The molecule has 5 heterocycles. The van der Waals surface area contributed by atoms with Gasteiger partial charge in [0.2, 0.25) is 0 Å². The third-order valence-electron chi connectivity index (χ3n) is 7.32. The van der Waals surface area contributed by atoms with Crippen LogP contribution in [0.1, 0.15) is 30.1 Å². The number of rotatable bonds is 6. The Morgan fingerprint density at radius 3 is 2.59 bits per heavy atom. The van der Waals surface area contributed by atoms with Crippen LogP contribution in [0, 0.1) is 17.6 Å². The SMILES string of the molecule is CCN1CCN(C(O)C2CCN(c3c(F)cncc3NC(=O)c3c(N)nn4cc(F)cnc34)CC2)CC1. The number of nitrogens with one attached hydrogen (secondary N) is 1. The predicted molar refractivity (Wildman–Crippen MR) is 134 cm³/mol. The molecule has 0 aliphatic carbocycles. The molecule has 5 rings (SSSR count). The first-order valence-corrected chi connectivity index (χ1v) is 12.5. The number of nitrogens with zero attached hydrogens (tertiary/aromatic N) is 7. The van der Waals surface area contributed by atoms with Gasteiger partial charge >= 0.3 is 0 Å². The molecule has 0 bridgehead atoms. The van der Waals surface area contributed by atoms with Gasteiger partial charge in [-0.2, -0.15) is 0 Å². The molecule has 2 saturated heterocycles. The van der Waals surface area contributed by atoms with Crippen molar-refractivity contribution in [1.29, 1.82) is 0 Å². The van der Waals surface area contributed by atoms with Gasteiger partial charge < -0.3 is 26.0 Å². The first kappa shape index (κ1) is 25.2. The highest BCUT2D eigenvalue weighted by Crippen LogP contribution is 2.34. The number of fused-ring (bicyclic) bond motifs is 1. The van der Waals surface area contributed by atoms with Crippen molar-refractivity contribution in [3.63, 3.8) is 0 Å². The van der Waals surface area contributed by atoms with Crippen LogP contribution >= 0.6 is 0 Å². The lowest BCUT2D eigenvalue weighted by atomic mass is 9.93. The van der Waals surface area contributed by atoms with Gasteiger partial charge in [-0.1, -0.05) is 6.92 Å². The zero-order chi connectivity index (χ0) is 26.1. The van der Waals surface area contributed by atoms with E-state index in [9.17, 15) is 14.3 Å². The van der Waals surface area contributed by atoms with Crippen LogP contribution in [0.25, 0.3) is 5.65 Å². The number of amides is 1. The van der Waals surface area contributed by atoms with E-state index in [1.54, 1.807) is 0 Å². The Kier molecular flexibility index (Phi) is 7.17. The molecule has 0 radical (unpaired) electrons. The Morgan fingerprint density at radius 2 is 1.89 bits per heavy atom. The summed E-state index contributed by atoms with van der Waals surface area (Å²) in [6, 6.07) is 0. The number of hydrogen-bond acceptors (Lipinski definition) is 9. The molecule has 198 valence electrons. The number of carbonyl (C=O) groups is 1. The molecular weight excluding hydrogens is 484 g/mol. The second kappa shape index (κ2) is 10.5. The molecule has 0 aromatic carbocycles. The smallest absolute Gasteiger partial charge is 0.263 e. The lowest BCUT2D eigenvalue weighted by Gasteiger charge is -2.42. The summed E-state index contributed by atoms with van der Waals surface area (Å²) in [7, 11) is 0. The fraction of sp³-hybridized carbons (Fsp3) is 0.500. The van der Waals surface area contributed by atoms with Crippen LogP contribution in [0.4, 0.5) is 26.0 Å². The number of halogens is 2. The molecule has 1 atom stereocenters. The molecule has 13 heteroatoms. The number of hydrogen-bond donors (Lipinski definition) is 3. The van der Waals surface area contributed by atoms with E-state index in [-0.39, 0.29) is 34.3 Å². The minimum Gasteiger partial charge on any atom is -0.381 e. The molecule has 0 saturated carbocycles. The second-order valence-corrected chi connectivity index (χ2v) is 9.48. The Balaban J connectivity index is 1.29. The predicted octanol–water partition coefficient (Wildman–Crippen LogP) is 1.41. The standard InChI is InChI=1S/C24H31F2N9O2/c1-2-32-7-9-34(10-8-32)24(37)15-3-5-33(6-4-15)20-17(26)12-28-13-18(20)30-23(36)19-21(27)31-35-14-16(25)11-29-22(19)35/h11-15,24,37H,2-10H2,1H3,(H2,27,31)(H,30,36). The van der Waals surface area contributed by atoms with E-state index < -0.39 is 23.8 Å². The maximum absolute atomic E-state index is 15.0. The highest BCUT2D eigenvalue weighted by molar-refractivity contribution is 6.12. The van der Waals surface area contributed by atoms with Crippen molar-refractivity contribution in [1.82, 2.24) is 29.4 Å². The maximum Gasteiger partial charge on any atom is 0.263 e. The number of piperazine rings is 1. The van der Waals surface area contributed by atoms with Crippen LogP contribution < -0.4 is 16.0 Å². The summed E-state index contributed by atoms with van der Waals surface area (Å²) in [5, 5.41) is 17.6. The zero-order valence-corrected chi connectivity index (χ0v) is 20.6. The number of piperidine rings is 1. The highest BCUT2D eigenvalue weighted by atomic mass is 19.1. The van der Waals surface area contributed by atoms with Crippen LogP contribution in [0.2, 0.25) is 0 Å². The number of aromatic nitrogens is 4. The van der Waals surface area contributed by atoms with Crippen molar-refractivity contribution in [3.8, 4) is 0 Å². The summed E-state index contributed by atoms with van der Waals surface area (Å²) < 4.78 is 29.6. The number of carbonyl (C=O) groups excluding carboxylic acids is 1. The van der Waals surface area contributed by atoms with Gasteiger partial charge in [-0.05, 0) is 19.4 Å². The molecule has 1 unspecified atom stereocenters. The third-order valence-corrected chi connectivity index (χ3v) is 7.32. The van der Waals surface area contributed by atoms with Crippen molar-refractivity contribution in [2.24, 2.45) is 5.92 Å². The van der Waals surface area contributed by atoms with Crippen LogP contribution in [-0.4, -0.2) is 92.4 Å². The van der Waals surface area contributed by atoms with Gasteiger partial charge in [0.15, 0.2) is 23.1 Å². The van der Waals surface area contributed by atoms with Gasteiger partial charge in [0, 0.05) is 45.2 Å². The van der Waals surface area contributed by atoms with E-state index in [2.05, 4.69) is 37.1 Å². The molecular formula is C24H31F2N9O2. The average Bonchev–Trinajstić information content (AvgIpc) is 3.23. The number of anilines is 3. The molecule has 2 aliphatic heterocycles. The Bertz CT molecular complexity index is 1270. The largest absolute Gasteiger partial charge is 0.381 e. The number of aliphatic hydroxyl groups excluding tert-OH is 1. The first-order valence-electron chi connectivity index (χ1n) is 12.5. The lowest BCUT2D eigenvalue weighted by molar-refractivity contribution is -0.0660. The molecule has 37 heavy (non-hydrogen) atoms. The van der Waals surface area contributed by atoms with Gasteiger partial charge in [-0.3, -0.25) is 14.7 Å². The normalized spacial score (nSPS) is 18.9. The van der Waals surface area contributed by atoms with E-state index in [0.29, 0.717) is 25.9 Å². The molecule has 4 N–H and O–H groups in total. The minimum atomic E-state index is -0.656. The van der Waals surface area contributed by atoms with Crippen LogP contribution in [-0.2, 0) is 0 Å². The van der Waals surface area contributed by atoms with Gasteiger partial charge in [-0.25, -0.2) is 18.3 Å². The van der Waals surface area contributed by atoms with E-state index in [0.717, 1.165) is 55.8 Å². The summed E-state index contributed by atoms with van der Waals surface area (Å²) in [4.78, 5) is 27.3. The Morgan fingerprint density at radius 1 is 1.16 bits per heavy atom. The Labute approximate surface area is 212 Å². The zero-order valence-electron chi connectivity index (χ0n) is 20.6. The lowest BCUT2D eigenvalue weighted by Crippen LogP contribution is -2.53. The van der Waals surface area contributed by atoms with E-state index in [1.165, 1.54) is 6.20 Å². The molecule has 1 amide bonds. The number of nitrogen functional groups attached to an aromatic ring is 1. The summed E-state index contributed by atoms with van der Waals surface area (Å²) in [5.74, 6) is -1.90. The molecule has 2 aliphatic rings. The topological polar surface area (TPSA) is 128 Å². The highest BCUT2D eigenvalue weighted by Gasteiger charge is 2.32. The molecule has 11 nitrogen and oxygen atoms in total. The van der Waals surface area contributed by atoms with Gasteiger partial charge in [0.25, 0.3) is 5.91 Å². The second-order valence-electron chi connectivity index (χ2n) is 9.48.